The molecule has 0 spiro atoms. The summed E-state index contributed by atoms with van der Waals surface area (Å²) >= 11 is 0. The molecule has 0 aliphatic carbocycles. The second kappa shape index (κ2) is 14.9. The molecule has 0 atom stereocenters. The van der Waals surface area contributed by atoms with Crippen LogP contribution in [0.15, 0.2) is 0 Å². The van der Waals surface area contributed by atoms with Gasteiger partial charge in [0.15, 0.2) is 0 Å². The predicted octanol–water partition coefficient (Wildman–Crippen LogP) is 4.97. The van der Waals surface area contributed by atoms with Crippen LogP contribution in [-0.2, 0) is 0 Å². The van der Waals surface area contributed by atoms with Gasteiger partial charge in [-0.1, -0.05) is 53.4 Å². The molecule has 0 saturated carbocycles. The van der Waals surface area contributed by atoms with Crippen LogP contribution in [0.2, 0.25) is 0 Å². The minimum Gasteiger partial charge on any atom is -0.304 e. The summed E-state index contributed by atoms with van der Waals surface area (Å²) in [5.74, 6) is 1.77. The number of likely N-dealkylation sites (tertiary alicyclic amines) is 1. The predicted molar refractivity (Wildman–Crippen MR) is 117 cm³/mol. The summed E-state index contributed by atoms with van der Waals surface area (Å²) in [5, 5.41) is 0. The molecule has 0 aromatic rings. The lowest BCUT2D eigenvalue weighted by Gasteiger charge is -2.32. The van der Waals surface area contributed by atoms with Gasteiger partial charge in [0.2, 0.25) is 0 Å². The molecule has 0 bridgehead atoms. The Labute approximate surface area is 165 Å². The molecule has 2 aliphatic rings. The van der Waals surface area contributed by atoms with E-state index in [1.807, 2.05) is 0 Å². The fourth-order valence-corrected chi connectivity index (χ4v) is 3.85. The van der Waals surface area contributed by atoms with E-state index in [4.69, 9.17) is 0 Å². The fourth-order valence-electron chi connectivity index (χ4n) is 3.85. The van der Waals surface area contributed by atoms with Crippen LogP contribution in [0.3, 0.4) is 0 Å². The maximum absolute atomic E-state index is 2.61. The summed E-state index contributed by atoms with van der Waals surface area (Å²) in [6, 6.07) is 0. The molecule has 26 heavy (non-hydrogen) atoms. The molecule has 156 valence electrons. The van der Waals surface area contributed by atoms with Crippen molar-refractivity contribution in [1.29, 1.82) is 0 Å². The molecule has 0 unspecified atom stereocenters. The van der Waals surface area contributed by atoms with Crippen molar-refractivity contribution >= 4 is 0 Å². The Morgan fingerprint density at radius 2 is 1.00 bits per heavy atom. The van der Waals surface area contributed by atoms with E-state index in [0.29, 0.717) is 0 Å². The molecule has 2 saturated heterocycles. The van der Waals surface area contributed by atoms with Crippen molar-refractivity contribution in [2.24, 2.45) is 11.8 Å². The number of unbranched alkanes of at least 4 members (excludes halogenated alkanes) is 2. The lowest BCUT2D eigenvalue weighted by molar-refractivity contribution is 0.151. The second-order valence-electron chi connectivity index (χ2n) is 9.47. The van der Waals surface area contributed by atoms with Gasteiger partial charge in [-0.2, -0.15) is 0 Å². The Morgan fingerprint density at radius 1 is 0.577 bits per heavy atom. The standard InChI is InChI=1S/C12H26N2.C11H23N/c1-12(2)6-4-5-7-14-10-8-13(3)9-11-14;1-11(2)7-3-4-8-12-9-5-6-10-12/h12H,4-11H2,1-3H3;11H,3-10H2,1-2H3. The zero-order valence-corrected chi connectivity index (χ0v) is 18.8. The third-order valence-electron chi connectivity index (χ3n) is 5.81. The number of hydrogen-bond donors (Lipinski definition) is 0. The van der Waals surface area contributed by atoms with Crippen molar-refractivity contribution in [3.63, 3.8) is 0 Å². The van der Waals surface area contributed by atoms with Crippen LogP contribution in [0.5, 0.6) is 0 Å². The van der Waals surface area contributed by atoms with Crippen LogP contribution < -0.4 is 0 Å². The largest absolute Gasteiger partial charge is 0.304 e. The summed E-state index contributed by atoms with van der Waals surface area (Å²) in [7, 11) is 2.22. The highest BCUT2D eigenvalue weighted by Gasteiger charge is 2.12. The van der Waals surface area contributed by atoms with Crippen molar-refractivity contribution in [3.05, 3.63) is 0 Å². The van der Waals surface area contributed by atoms with Crippen LogP contribution in [0.1, 0.15) is 79.1 Å². The lowest BCUT2D eigenvalue weighted by atomic mass is 10.1. The highest BCUT2D eigenvalue weighted by atomic mass is 15.2. The summed E-state index contributed by atoms with van der Waals surface area (Å²) in [4.78, 5) is 7.64. The van der Waals surface area contributed by atoms with Gasteiger partial charge in [0.05, 0.1) is 0 Å². The zero-order valence-electron chi connectivity index (χ0n) is 18.8. The van der Waals surface area contributed by atoms with Gasteiger partial charge in [-0.25, -0.2) is 0 Å². The van der Waals surface area contributed by atoms with E-state index in [1.54, 1.807) is 0 Å². The van der Waals surface area contributed by atoms with Crippen molar-refractivity contribution in [3.8, 4) is 0 Å². The summed E-state index contributed by atoms with van der Waals surface area (Å²) in [6.07, 6.45) is 11.3. The van der Waals surface area contributed by atoms with E-state index in [1.165, 1.54) is 104 Å². The van der Waals surface area contributed by atoms with Crippen molar-refractivity contribution in [2.75, 3.05) is 59.4 Å². The van der Waals surface area contributed by atoms with Crippen LogP contribution in [0.25, 0.3) is 0 Å². The Kier molecular flexibility index (Phi) is 13.7. The molecule has 2 rings (SSSR count). The van der Waals surface area contributed by atoms with Crippen LogP contribution in [0, 0.1) is 11.8 Å². The first kappa shape index (κ1) is 23.9. The minimum absolute atomic E-state index is 0.877. The summed E-state index contributed by atoms with van der Waals surface area (Å²) in [6.45, 7) is 19.7. The summed E-state index contributed by atoms with van der Waals surface area (Å²) in [5.41, 5.74) is 0. The van der Waals surface area contributed by atoms with Crippen molar-refractivity contribution in [2.45, 2.75) is 79.1 Å². The number of piperazine rings is 1. The lowest BCUT2D eigenvalue weighted by Crippen LogP contribution is -2.44. The normalized spacial score (nSPS) is 20.0. The van der Waals surface area contributed by atoms with Crippen LogP contribution in [0.4, 0.5) is 0 Å². The molecule has 0 aromatic carbocycles. The average molecular weight is 368 g/mol. The van der Waals surface area contributed by atoms with E-state index < -0.39 is 0 Å². The molecule has 2 aliphatic heterocycles. The molecule has 3 heteroatoms. The van der Waals surface area contributed by atoms with Gasteiger partial charge < -0.3 is 14.7 Å². The van der Waals surface area contributed by atoms with Gasteiger partial charge >= 0.3 is 0 Å². The van der Waals surface area contributed by atoms with Crippen LogP contribution >= 0.6 is 0 Å². The third kappa shape index (κ3) is 13.1. The quantitative estimate of drug-likeness (QED) is 0.505. The Hall–Kier alpha value is -0.120. The monoisotopic (exact) mass is 367 g/mol. The van der Waals surface area contributed by atoms with E-state index in [-0.39, 0.29) is 0 Å². The zero-order chi connectivity index (χ0) is 19.2. The maximum Gasteiger partial charge on any atom is 0.0110 e. The van der Waals surface area contributed by atoms with E-state index in [2.05, 4.69) is 49.4 Å². The molecule has 0 N–H and O–H groups in total. The van der Waals surface area contributed by atoms with Crippen molar-refractivity contribution in [1.82, 2.24) is 14.7 Å². The molecule has 0 radical (unpaired) electrons. The van der Waals surface area contributed by atoms with Gasteiger partial charge in [0.1, 0.15) is 0 Å². The molecule has 3 nitrogen and oxygen atoms in total. The Balaban J connectivity index is 0.000000263. The maximum atomic E-state index is 2.61. The Bertz CT molecular complexity index is 303. The van der Waals surface area contributed by atoms with Gasteiger partial charge in [-0.3, -0.25) is 0 Å². The van der Waals surface area contributed by atoms with E-state index >= 15 is 0 Å². The summed E-state index contributed by atoms with van der Waals surface area (Å²) < 4.78 is 0. The van der Waals surface area contributed by atoms with Gasteiger partial charge in [-0.15, -0.1) is 0 Å². The highest BCUT2D eigenvalue weighted by Crippen LogP contribution is 2.11. The molecular weight excluding hydrogens is 318 g/mol. The van der Waals surface area contributed by atoms with E-state index in [0.717, 1.165) is 11.8 Å². The first-order valence-corrected chi connectivity index (χ1v) is 11.6. The first-order chi connectivity index (χ1) is 12.5. The number of nitrogens with zero attached hydrogens (tertiary/aromatic N) is 3. The number of hydrogen-bond acceptors (Lipinski definition) is 3. The SMILES string of the molecule is CC(C)CCCCN1CCCC1.CC(C)CCCCN1CCN(C)CC1. The highest BCUT2D eigenvalue weighted by molar-refractivity contribution is 4.69. The van der Waals surface area contributed by atoms with Crippen molar-refractivity contribution < 1.29 is 0 Å². The number of likely N-dealkylation sites (N-methyl/N-ethyl adjacent to an activating group) is 1. The molecule has 2 fully saturated rings. The molecule has 0 amide bonds. The van der Waals surface area contributed by atoms with Gasteiger partial charge in [0, 0.05) is 26.2 Å². The minimum atomic E-state index is 0.877. The number of rotatable bonds is 10. The van der Waals surface area contributed by atoms with Crippen LogP contribution in [-0.4, -0.2) is 74.1 Å². The molecule has 0 aromatic heterocycles. The van der Waals surface area contributed by atoms with E-state index in [9.17, 15) is 0 Å². The third-order valence-corrected chi connectivity index (χ3v) is 5.81. The average Bonchev–Trinajstić information content (AvgIpc) is 3.11. The van der Waals surface area contributed by atoms with Gasteiger partial charge in [-0.05, 0) is 70.7 Å². The smallest absolute Gasteiger partial charge is 0.0110 e. The van der Waals surface area contributed by atoms with Gasteiger partial charge in [0.25, 0.3) is 0 Å². The molecular formula is C23H49N3. The fraction of sp³-hybridized carbons (Fsp3) is 1.00. The first-order valence-electron chi connectivity index (χ1n) is 11.6. The topological polar surface area (TPSA) is 9.72 Å². The molecule has 2 heterocycles. The second-order valence-corrected chi connectivity index (χ2v) is 9.47. The Morgan fingerprint density at radius 3 is 1.42 bits per heavy atom.